The number of rotatable bonds is 4. The Hall–Kier alpha value is -1.59. The Bertz CT molecular complexity index is 1020. The summed E-state index contributed by atoms with van der Waals surface area (Å²) in [7, 11) is -3.82. The minimum atomic E-state index is -3.82. The van der Waals surface area contributed by atoms with Crippen LogP contribution in [0.3, 0.4) is 0 Å². The molecule has 2 aliphatic heterocycles. The second-order valence-corrected chi connectivity index (χ2v) is 9.97. The molecule has 0 aliphatic carbocycles. The summed E-state index contributed by atoms with van der Waals surface area (Å²) < 4.78 is 45.7. The molecule has 1 aromatic carbocycles. The number of carbonyl (C=O) groups is 1. The first kappa shape index (κ1) is 19.7. The third kappa shape index (κ3) is 3.79. The summed E-state index contributed by atoms with van der Waals surface area (Å²) in [5, 5.41) is 2.96. The number of ether oxygens (including phenoxy) is 1. The van der Waals surface area contributed by atoms with Crippen molar-refractivity contribution in [3.8, 4) is 0 Å². The highest BCUT2D eigenvalue weighted by molar-refractivity contribution is 7.89. The van der Waals surface area contributed by atoms with Crippen LogP contribution in [0, 0.1) is 5.82 Å². The van der Waals surface area contributed by atoms with Gasteiger partial charge in [-0.05, 0) is 31.0 Å². The van der Waals surface area contributed by atoms with E-state index in [1.54, 1.807) is 0 Å². The van der Waals surface area contributed by atoms with Crippen LogP contribution in [0.25, 0.3) is 0 Å². The molecule has 1 N–H and O–H groups in total. The highest BCUT2D eigenvalue weighted by atomic mass is 35.5. The molecule has 0 saturated carbocycles. The minimum absolute atomic E-state index is 0.0567. The van der Waals surface area contributed by atoms with Crippen molar-refractivity contribution in [2.45, 2.75) is 36.8 Å². The molecule has 1 fully saturated rings. The molecule has 1 atom stereocenters. The van der Waals surface area contributed by atoms with E-state index in [1.165, 1.54) is 21.7 Å². The van der Waals surface area contributed by atoms with Crippen LogP contribution in [0.4, 0.5) is 9.52 Å². The van der Waals surface area contributed by atoms with E-state index in [9.17, 15) is 17.6 Å². The fourth-order valence-electron chi connectivity index (χ4n) is 3.19. The maximum atomic E-state index is 13.4. The number of benzene rings is 1. The van der Waals surface area contributed by atoms with E-state index in [2.05, 4.69) is 10.3 Å². The van der Waals surface area contributed by atoms with E-state index >= 15 is 0 Å². The minimum Gasteiger partial charge on any atom is -0.368 e. The van der Waals surface area contributed by atoms with Crippen molar-refractivity contribution in [2.24, 2.45) is 0 Å². The second kappa shape index (κ2) is 7.68. The van der Waals surface area contributed by atoms with Gasteiger partial charge in [0.05, 0.1) is 22.2 Å². The van der Waals surface area contributed by atoms with Gasteiger partial charge in [0.25, 0.3) is 5.91 Å². The molecular weight excluding hydrogens is 429 g/mol. The first-order chi connectivity index (χ1) is 13.3. The number of anilines is 1. The highest BCUT2D eigenvalue weighted by Gasteiger charge is 2.31. The van der Waals surface area contributed by atoms with Gasteiger partial charge in [0.1, 0.15) is 11.9 Å². The standard InChI is InChI=1S/C17H17ClFN3O4S2/c18-11-8-10(3-4-12(11)19)28(24,25)22-6-5-13-15(9-22)27-17(20-13)21-16(23)14-2-1-7-26-14/h3-4,8,14H,1-2,5-7,9H2,(H,20,21,23)/t14-/m0/s1. The first-order valence-electron chi connectivity index (χ1n) is 8.71. The monoisotopic (exact) mass is 445 g/mol. The summed E-state index contributed by atoms with van der Waals surface area (Å²) in [6.07, 6.45) is 1.51. The number of fused-ring (bicyclic) bond motifs is 1. The van der Waals surface area contributed by atoms with Crippen molar-refractivity contribution < 1.29 is 22.3 Å². The number of amides is 1. The van der Waals surface area contributed by atoms with Gasteiger partial charge < -0.3 is 4.74 Å². The van der Waals surface area contributed by atoms with Gasteiger partial charge in [-0.2, -0.15) is 4.31 Å². The molecule has 1 amide bonds. The molecule has 150 valence electrons. The number of sulfonamides is 1. The molecule has 1 saturated heterocycles. The number of halogens is 2. The SMILES string of the molecule is O=C(Nc1nc2c(s1)CN(S(=O)(=O)c1ccc(F)c(Cl)c1)CC2)[C@@H]1CCCO1. The molecule has 0 unspecified atom stereocenters. The molecule has 7 nitrogen and oxygen atoms in total. The Morgan fingerprint density at radius 1 is 1.43 bits per heavy atom. The smallest absolute Gasteiger partial charge is 0.255 e. The normalized spacial score (nSPS) is 20.1. The van der Waals surface area contributed by atoms with Crippen LogP contribution in [0.5, 0.6) is 0 Å². The van der Waals surface area contributed by atoms with E-state index in [0.29, 0.717) is 24.6 Å². The van der Waals surface area contributed by atoms with E-state index in [0.717, 1.165) is 29.1 Å². The molecule has 0 spiro atoms. The molecule has 2 aromatic rings. The molecule has 3 heterocycles. The van der Waals surface area contributed by atoms with Crippen LogP contribution in [0.15, 0.2) is 23.1 Å². The van der Waals surface area contributed by atoms with E-state index in [1.807, 2.05) is 0 Å². The van der Waals surface area contributed by atoms with Crippen molar-refractivity contribution in [1.29, 1.82) is 0 Å². The summed E-state index contributed by atoms with van der Waals surface area (Å²) in [6.45, 7) is 0.958. The van der Waals surface area contributed by atoms with Gasteiger partial charge in [0.15, 0.2) is 5.13 Å². The maximum Gasteiger partial charge on any atom is 0.255 e. The van der Waals surface area contributed by atoms with Crippen LogP contribution in [-0.4, -0.2) is 42.9 Å². The van der Waals surface area contributed by atoms with Crippen molar-refractivity contribution in [3.63, 3.8) is 0 Å². The first-order valence-corrected chi connectivity index (χ1v) is 11.3. The lowest BCUT2D eigenvalue weighted by atomic mass is 10.2. The van der Waals surface area contributed by atoms with Gasteiger partial charge in [-0.15, -0.1) is 11.3 Å². The Kier molecular flexibility index (Phi) is 5.41. The predicted octanol–water partition coefficient (Wildman–Crippen LogP) is 2.80. The summed E-state index contributed by atoms with van der Waals surface area (Å²) >= 11 is 6.98. The third-order valence-corrected chi connectivity index (χ3v) is 7.81. The predicted molar refractivity (Wildman–Crippen MR) is 102 cm³/mol. The number of aromatic nitrogens is 1. The molecule has 11 heteroatoms. The van der Waals surface area contributed by atoms with Gasteiger partial charge in [-0.25, -0.2) is 17.8 Å². The molecule has 0 radical (unpaired) electrons. The fraction of sp³-hybridized carbons (Fsp3) is 0.412. The summed E-state index contributed by atoms with van der Waals surface area (Å²) in [6, 6.07) is 3.35. The Balaban J connectivity index is 1.50. The summed E-state index contributed by atoms with van der Waals surface area (Å²) in [5.74, 6) is -0.898. The molecular formula is C17H17ClFN3O4S2. The van der Waals surface area contributed by atoms with Gasteiger partial charge in [-0.3, -0.25) is 10.1 Å². The Morgan fingerprint density at radius 2 is 2.25 bits per heavy atom. The lowest BCUT2D eigenvalue weighted by molar-refractivity contribution is -0.124. The van der Waals surface area contributed by atoms with Crippen molar-refractivity contribution in [3.05, 3.63) is 39.6 Å². The quantitative estimate of drug-likeness (QED) is 0.781. The van der Waals surface area contributed by atoms with Crippen LogP contribution in [0.2, 0.25) is 5.02 Å². The number of hydrogen-bond acceptors (Lipinski definition) is 6. The highest BCUT2D eigenvalue weighted by Crippen LogP contribution is 2.32. The topological polar surface area (TPSA) is 88.6 Å². The van der Waals surface area contributed by atoms with Gasteiger partial charge in [0.2, 0.25) is 10.0 Å². The van der Waals surface area contributed by atoms with Gasteiger partial charge >= 0.3 is 0 Å². The van der Waals surface area contributed by atoms with E-state index < -0.39 is 21.9 Å². The number of nitrogens with zero attached hydrogens (tertiary/aromatic N) is 2. The molecule has 1 aromatic heterocycles. The van der Waals surface area contributed by atoms with Crippen molar-refractivity contribution >= 4 is 44.0 Å². The molecule has 28 heavy (non-hydrogen) atoms. The number of hydrogen-bond donors (Lipinski definition) is 1. The zero-order chi connectivity index (χ0) is 19.9. The third-order valence-electron chi connectivity index (χ3n) is 4.68. The van der Waals surface area contributed by atoms with Crippen LogP contribution in [0.1, 0.15) is 23.4 Å². The van der Waals surface area contributed by atoms with Crippen LogP contribution < -0.4 is 5.32 Å². The number of carbonyl (C=O) groups excluding carboxylic acids is 1. The lowest BCUT2D eigenvalue weighted by Gasteiger charge is -2.25. The largest absolute Gasteiger partial charge is 0.368 e. The average Bonchev–Trinajstić information content (AvgIpc) is 3.32. The second-order valence-electron chi connectivity index (χ2n) is 6.54. The van der Waals surface area contributed by atoms with Gasteiger partial charge in [-0.1, -0.05) is 11.6 Å². The molecule has 0 bridgehead atoms. The number of nitrogens with one attached hydrogen (secondary N) is 1. The summed E-state index contributed by atoms with van der Waals surface area (Å²) in [4.78, 5) is 17.3. The van der Waals surface area contributed by atoms with Crippen LogP contribution >= 0.6 is 22.9 Å². The summed E-state index contributed by atoms with van der Waals surface area (Å²) in [5.41, 5.74) is 0.774. The van der Waals surface area contributed by atoms with E-state index in [-0.39, 0.29) is 28.9 Å². The van der Waals surface area contributed by atoms with Gasteiger partial charge in [0, 0.05) is 24.4 Å². The van der Waals surface area contributed by atoms with Crippen LogP contribution in [-0.2, 0) is 32.5 Å². The molecule has 4 rings (SSSR count). The average molecular weight is 446 g/mol. The fourth-order valence-corrected chi connectivity index (χ4v) is 5.98. The Labute approximate surface area is 170 Å². The zero-order valence-corrected chi connectivity index (χ0v) is 17.0. The number of thiazole rings is 1. The zero-order valence-electron chi connectivity index (χ0n) is 14.7. The van der Waals surface area contributed by atoms with Crippen molar-refractivity contribution in [1.82, 2.24) is 9.29 Å². The maximum absolute atomic E-state index is 13.4. The lowest BCUT2D eigenvalue weighted by Crippen LogP contribution is -2.35. The Morgan fingerprint density at radius 3 is 2.96 bits per heavy atom. The van der Waals surface area contributed by atoms with Crippen molar-refractivity contribution in [2.75, 3.05) is 18.5 Å². The molecule has 2 aliphatic rings. The van der Waals surface area contributed by atoms with E-state index in [4.69, 9.17) is 16.3 Å².